The summed E-state index contributed by atoms with van der Waals surface area (Å²) in [4.78, 5) is 14.0. The molecular formula is C22H27F2N2O3+. The van der Waals surface area contributed by atoms with Crippen LogP contribution in [-0.2, 0) is 9.53 Å². The van der Waals surface area contributed by atoms with E-state index >= 15 is 0 Å². The van der Waals surface area contributed by atoms with Gasteiger partial charge in [-0.25, -0.2) is 0 Å². The highest BCUT2D eigenvalue weighted by Crippen LogP contribution is 2.24. The third-order valence-electron chi connectivity index (χ3n) is 4.90. The number of alkyl halides is 2. The second kappa shape index (κ2) is 9.80. The SMILES string of the molecule is C[C@@H]1C[NH+](CC(=O)N[C@@H](c2ccccc2)c2ccc(OC(F)F)cc2)C[C@@H](C)O1. The molecule has 0 unspecified atom stereocenters. The summed E-state index contributed by atoms with van der Waals surface area (Å²) in [6, 6.07) is 15.6. The van der Waals surface area contributed by atoms with Crippen molar-refractivity contribution in [2.24, 2.45) is 0 Å². The van der Waals surface area contributed by atoms with Gasteiger partial charge < -0.3 is 19.7 Å². The first-order valence-electron chi connectivity index (χ1n) is 9.79. The van der Waals surface area contributed by atoms with E-state index in [1.54, 1.807) is 12.1 Å². The number of carbonyl (C=O) groups is 1. The Hall–Kier alpha value is -2.51. The van der Waals surface area contributed by atoms with Crippen molar-refractivity contribution >= 4 is 5.91 Å². The minimum atomic E-state index is -2.87. The molecule has 0 spiro atoms. The number of rotatable bonds is 7. The molecule has 3 atom stereocenters. The first-order chi connectivity index (χ1) is 13.9. The number of amides is 1. The predicted octanol–water partition coefficient (Wildman–Crippen LogP) is 2.19. The highest BCUT2D eigenvalue weighted by Gasteiger charge is 2.28. The number of nitrogens with one attached hydrogen (secondary N) is 2. The summed E-state index contributed by atoms with van der Waals surface area (Å²) in [5.74, 6) is 0.0192. The zero-order chi connectivity index (χ0) is 20.8. The molecule has 2 aromatic rings. The Morgan fingerprint density at radius 2 is 1.66 bits per heavy atom. The molecule has 2 N–H and O–H groups in total. The monoisotopic (exact) mass is 405 g/mol. The third kappa shape index (κ3) is 6.24. The van der Waals surface area contributed by atoms with E-state index in [2.05, 4.69) is 10.1 Å². The maximum atomic E-state index is 12.8. The summed E-state index contributed by atoms with van der Waals surface area (Å²) in [6.07, 6.45) is 0.239. The molecule has 0 radical (unpaired) electrons. The van der Waals surface area contributed by atoms with E-state index in [1.807, 2.05) is 44.2 Å². The van der Waals surface area contributed by atoms with E-state index in [-0.39, 0.29) is 29.9 Å². The Balaban J connectivity index is 1.73. The molecule has 1 heterocycles. The van der Waals surface area contributed by atoms with Crippen molar-refractivity contribution in [3.8, 4) is 5.75 Å². The van der Waals surface area contributed by atoms with Gasteiger partial charge in [-0.3, -0.25) is 4.79 Å². The topological polar surface area (TPSA) is 52.0 Å². The van der Waals surface area contributed by atoms with Crippen LogP contribution in [0.4, 0.5) is 8.78 Å². The van der Waals surface area contributed by atoms with Gasteiger partial charge in [0.1, 0.15) is 31.0 Å². The van der Waals surface area contributed by atoms with Gasteiger partial charge in [0, 0.05) is 0 Å². The lowest BCUT2D eigenvalue weighted by Gasteiger charge is -2.32. The summed E-state index contributed by atoms with van der Waals surface area (Å²) >= 11 is 0. The third-order valence-corrected chi connectivity index (χ3v) is 4.90. The Labute approximate surface area is 169 Å². The van der Waals surface area contributed by atoms with Crippen molar-refractivity contribution in [3.63, 3.8) is 0 Å². The van der Waals surface area contributed by atoms with Crippen molar-refractivity contribution in [2.45, 2.75) is 38.7 Å². The maximum Gasteiger partial charge on any atom is 0.387 e. The van der Waals surface area contributed by atoms with Crippen LogP contribution in [0.15, 0.2) is 54.6 Å². The molecule has 156 valence electrons. The molecule has 0 aliphatic carbocycles. The number of halogens is 2. The second-order valence-electron chi connectivity index (χ2n) is 7.45. The molecule has 1 aliphatic rings. The van der Waals surface area contributed by atoms with Crippen LogP contribution < -0.4 is 15.0 Å². The lowest BCUT2D eigenvalue weighted by atomic mass is 9.98. The predicted molar refractivity (Wildman–Crippen MR) is 105 cm³/mol. The van der Waals surface area contributed by atoms with Gasteiger partial charge in [0.2, 0.25) is 0 Å². The molecule has 5 nitrogen and oxygen atoms in total. The maximum absolute atomic E-state index is 12.8. The summed E-state index contributed by atoms with van der Waals surface area (Å²) in [5.41, 5.74) is 1.71. The van der Waals surface area contributed by atoms with Crippen LogP contribution in [-0.4, -0.2) is 44.4 Å². The van der Waals surface area contributed by atoms with Gasteiger partial charge >= 0.3 is 6.61 Å². The summed E-state index contributed by atoms with van der Waals surface area (Å²) in [6.45, 7) is 3.09. The lowest BCUT2D eigenvalue weighted by molar-refractivity contribution is -0.907. The van der Waals surface area contributed by atoms with Crippen LogP contribution in [0.5, 0.6) is 5.75 Å². The van der Waals surface area contributed by atoms with Gasteiger partial charge in [0.15, 0.2) is 6.54 Å². The van der Waals surface area contributed by atoms with Gasteiger partial charge in [-0.1, -0.05) is 42.5 Å². The lowest BCUT2D eigenvalue weighted by Crippen LogP contribution is -3.16. The van der Waals surface area contributed by atoms with Crippen LogP contribution in [0.2, 0.25) is 0 Å². The standard InChI is InChI=1S/C22H26F2N2O3/c1-15-12-26(13-16(2)28-15)14-20(27)25-21(17-6-4-3-5-7-17)18-8-10-19(11-9-18)29-22(23)24/h3-11,15-16,21-22H,12-14H2,1-2H3,(H,25,27)/p+1/t15-,16-,21+/m1/s1. The Morgan fingerprint density at radius 1 is 1.07 bits per heavy atom. The number of morpholine rings is 1. The normalized spacial score (nSPS) is 22.9. The molecule has 1 aliphatic heterocycles. The van der Waals surface area contributed by atoms with Crippen LogP contribution in [0.25, 0.3) is 0 Å². The number of benzene rings is 2. The summed E-state index contributed by atoms with van der Waals surface area (Å²) in [5, 5.41) is 3.10. The smallest absolute Gasteiger partial charge is 0.387 e. The summed E-state index contributed by atoms with van der Waals surface area (Å²) < 4.78 is 35.0. The molecule has 1 fully saturated rings. The molecule has 0 saturated carbocycles. The zero-order valence-electron chi connectivity index (χ0n) is 16.6. The fraction of sp³-hybridized carbons (Fsp3) is 0.409. The highest BCUT2D eigenvalue weighted by molar-refractivity contribution is 5.78. The van der Waals surface area contributed by atoms with Crippen LogP contribution in [0.3, 0.4) is 0 Å². The Kier molecular flexibility index (Phi) is 7.17. The second-order valence-corrected chi connectivity index (χ2v) is 7.45. The molecule has 2 aromatic carbocycles. The van der Waals surface area contributed by atoms with Crippen molar-refractivity contribution < 1.29 is 27.9 Å². The van der Waals surface area contributed by atoms with E-state index < -0.39 is 6.61 Å². The van der Waals surface area contributed by atoms with E-state index in [9.17, 15) is 13.6 Å². The highest BCUT2D eigenvalue weighted by atomic mass is 19.3. The Morgan fingerprint density at radius 3 is 2.24 bits per heavy atom. The first-order valence-corrected chi connectivity index (χ1v) is 9.79. The first kappa shape index (κ1) is 21.2. The van der Waals surface area contributed by atoms with E-state index in [1.165, 1.54) is 17.0 Å². The molecule has 0 aromatic heterocycles. The van der Waals surface area contributed by atoms with Gasteiger partial charge in [-0.05, 0) is 37.1 Å². The van der Waals surface area contributed by atoms with Gasteiger partial charge in [0.05, 0.1) is 6.04 Å². The average Bonchev–Trinajstić information content (AvgIpc) is 2.66. The fourth-order valence-electron chi connectivity index (χ4n) is 3.82. The molecule has 7 heteroatoms. The molecule has 3 rings (SSSR count). The zero-order valence-corrected chi connectivity index (χ0v) is 16.6. The van der Waals surface area contributed by atoms with Gasteiger partial charge in [0.25, 0.3) is 5.91 Å². The number of hydrogen-bond donors (Lipinski definition) is 2. The van der Waals surface area contributed by atoms with Crippen molar-refractivity contribution in [3.05, 3.63) is 65.7 Å². The fourth-order valence-corrected chi connectivity index (χ4v) is 3.82. The Bertz CT molecular complexity index is 776. The quantitative estimate of drug-likeness (QED) is 0.743. The van der Waals surface area contributed by atoms with Crippen molar-refractivity contribution in [2.75, 3.05) is 19.6 Å². The average molecular weight is 405 g/mol. The van der Waals surface area contributed by atoms with Crippen molar-refractivity contribution in [1.82, 2.24) is 5.32 Å². The largest absolute Gasteiger partial charge is 0.435 e. The van der Waals surface area contributed by atoms with Crippen LogP contribution in [0, 0.1) is 0 Å². The van der Waals surface area contributed by atoms with Gasteiger partial charge in [-0.2, -0.15) is 8.78 Å². The number of carbonyl (C=O) groups excluding carboxylic acids is 1. The molecule has 0 bridgehead atoms. The minimum absolute atomic E-state index is 0.0666. The van der Waals surface area contributed by atoms with Gasteiger partial charge in [-0.15, -0.1) is 0 Å². The molecular weight excluding hydrogens is 378 g/mol. The number of quaternary nitrogens is 1. The minimum Gasteiger partial charge on any atom is -0.435 e. The van der Waals surface area contributed by atoms with E-state index in [0.717, 1.165) is 24.2 Å². The van der Waals surface area contributed by atoms with E-state index in [0.29, 0.717) is 6.54 Å². The number of ether oxygens (including phenoxy) is 2. The number of hydrogen-bond acceptors (Lipinski definition) is 3. The summed E-state index contributed by atoms with van der Waals surface area (Å²) in [7, 11) is 0. The van der Waals surface area contributed by atoms with Crippen LogP contribution in [0.1, 0.15) is 31.0 Å². The van der Waals surface area contributed by atoms with Crippen LogP contribution >= 0.6 is 0 Å². The molecule has 1 amide bonds. The van der Waals surface area contributed by atoms with E-state index in [4.69, 9.17) is 4.74 Å². The molecule has 1 saturated heterocycles. The molecule has 29 heavy (non-hydrogen) atoms. The van der Waals surface area contributed by atoms with Crippen molar-refractivity contribution in [1.29, 1.82) is 0 Å².